The third kappa shape index (κ3) is 6.10. The minimum Gasteiger partial charge on any atom is -0.417 e. The van der Waals surface area contributed by atoms with Crippen LogP contribution in [-0.2, 0) is 0 Å². The first-order chi connectivity index (χ1) is 6.08. The molecule has 0 unspecified atom stereocenters. The number of rotatable bonds is 2. The fraction of sp³-hybridized carbons (Fsp3) is 0.333. The molecule has 0 spiro atoms. The topological polar surface area (TPSA) is 69.9 Å². The lowest BCUT2D eigenvalue weighted by Crippen LogP contribution is -2.34. The first-order valence-corrected chi connectivity index (χ1v) is 3.99. The van der Waals surface area contributed by atoms with Crippen LogP contribution in [0.4, 0.5) is 0 Å². The van der Waals surface area contributed by atoms with Crippen LogP contribution in [-0.4, -0.2) is 21.5 Å². The van der Waals surface area contributed by atoms with Gasteiger partial charge in [-0.2, -0.15) is 0 Å². The molecule has 0 aliphatic heterocycles. The van der Waals surface area contributed by atoms with Crippen molar-refractivity contribution in [3.63, 3.8) is 0 Å². The van der Waals surface area contributed by atoms with Crippen molar-refractivity contribution in [1.29, 1.82) is 0 Å². The van der Waals surface area contributed by atoms with Crippen LogP contribution in [0.25, 0.3) is 0 Å². The highest BCUT2D eigenvalue weighted by molar-refractivity contribution is 5.20. The summed E-state index contributed by atoms with van der Waals surface area (Å²) in [5, 5.41) is 25.1. The predicted molar refractivity (Wildman–Crippen MR) is 47.8 cm³/mol. The molecule has 1 aromatic rings. The quantitative estimate of drug-likeness (QED) is 0.594. The molecule has 0 atom stereocenters. The fourth-order valence-electron chi connectivity index (χ4n) is 0.647. The number of hydrogen-bond donors (Lipinski definition) is 3. The van der Waals surface area contributed by atoms with Crippen LogP contribution in [0.5, 0.6) is 5.75 Å². The van der Waals surface area contributed by atoms with Gasteiger partial charge in [0.25, 0.3) is 0 Å². The number of hydrogen-bond acceptors (Lipinski definition) is 4. The van der Waals surface area contributed by atoms with Crippen LogP contribution in [0.15, 0.2) is 30.3 Å². The summed E-state index contributed by atoms with van der Waals surface area (Å²) in [6.45, 7) is 4.00. The monoisotopic (exact) mass is 186 g/mol. The van der Waals surface area contributed by atoms with Crippen LogP contribution >= 0.6 is 0 Å². The van der Waals surface area contributed by atoms with Gasteiger partial charge in [-0.15, -0.1) is 0 Å². The molecule has 4 nitrogen and oxygen atoms in total. The number of aliphatic hydroxyl groups is 3. The summed E-state index contributed by atoms with van der Waals surface area (Å²) in [5.74, 6) is 0.181. The van der Waals surface area contributed by atoms with Gasteiger partial charge in [-0.1, -0.05) is 32.0 Å². The maximum atomic E-state index is 8.36. The second-order valence-corrected chi connectivity index (χ2v) is 1.99. The Morgan fingerprint density at radius 1 is 1.00 bits per heavy atom. The van der Waals surface area contributed by atoms with Crippen molar-refractivity contribution in [2.75, 3.05) is 0 Å². The molecule has 0 fully saturated rings. The van der Waals surface area contributed by atoms with Crippen molar-refractivity contribution in [1.82, 2.24) is 0 Å². The van der Waals surface area contributed by atoms with E-state index in [1.165, 1.54) is 12.1 Å². The average molecular weight is 186 g/mol. The molecule has 0 radical (unpaired) electrons. The molecule has 0 aliphatic carbocycles. The highest BCUT2D eigenvalue weighted by atomic mass is 16.9. The Balaban J connectivity index is 0.000000671. The second-order valence-electron chi connectivity index (χ2n) is 1.99. The summed E-state index contributed by atoms with van der Waals surface area (Å²) >= 11 is 0. The summed E-state index contributed by atoms with van der Waals surface area (Å²) in [6, 6.07) is 7.98. The van der Waals surface area contributed by atoms with E-state index in [9.17, 15) is 0 Å². The van der Waals surface area contributed by atoms with Gasteiger partial charge in [-0.3, -0.25) is 0 Å². The van der Waals surface area contributed by atoms with Gasteiger partial charge in [-0.25, -0.2) is 0 Å². The maximum Gasteiger partial charge on any atom is 0.453 e. The van der Waals surface area contributed by atoms with Crippen molar-refractivity contribution in [3.8, 4) is 5.75 Å². The molecule has 0 aliphatic rings. The lowest BCUT2D eigenvalue weighted by molar-refractivity contribution is -0.419. The fourth-order valence-corrected chi connectivity index (χ4v) is 0.647. The minimum absolute atomic E-state index is 0.181. The zero-order valence-electron chi connectivity index (χ0n) is 7.64. The Kier molecular flexibility index (Phi) is 5.06. The van der Waals surface area contributed by atoms with Crippen LogP contribution in [0.2, 0.25) is 0 Å². The van der Waals surface area contributed by atoms with Crippen LogP contribution in [0, 0.1) is 0 Å². The first kappa shape index (κ1) is 11.9. The highest BCUT2D eigenvalue weighted by Gasteiger charge is 2.20. The molecule has 0 heterocycles. The molecule has 4 heteroatoms. The molecule has 0 aromatic heterocycles. The van der Waals surface area contributed by atoms with Gasteiger partial charge >= 0.3 is 6.16 Å². The summed E-state index contributed by atoms with van der Waals surface area (Å²) in [5.41, 5.74) is 0. The van der Waals surface area contributed by atoms with Gasteiger partial charge in [0, 0.05) is 0 Å². The van der Waals surface area contributed by atoms with Gasteiger partial charge in [0.1, 0.15) is 5.75 Å². The summed E-state index contributed by atoms with van der Waals surface area (Å²) in [7, 11) is 0. The van der Waals surface area contributed by atoms with E-state index in [4.69, 9.17) is 15.3 Å². The van der Waals surface area contributed by atoms with E-state index in [0.717, 1.165) is 0 Å². The third-order valence-electron chi connectivity index (χ3n) is 0.998. The number of ether oxygens (including phenoxy) is 1. The van der Waals surface area contributed by atoms with Crippen molar-refractivity contribution < 1.29 is 20.1 Å². The van der Waals surface area contributed by atoms with Crippen LogP contribution in [0.3, 0.4) is 0 Å². The van der Waals surface area contributed by atoms with Crippen molar-refractivity contribution in [2.24, 2.45) is 0 Å². The molecule has 1 rings (SSSR count). The molecule has 0 saturated carbocycles. The summed E-state index contributed by atoms with van der Waals surface area (Å²) in [6.07, 6.45) is -3.10. The molecule has 0 saturated heterocycles. The third-order valence-corrected chi connectivity index (χ3v) is 0.998. The van der Waals surface area contributed by atoms with E-state index >= 15 is 0 Å². The molecule has 0 amide bonds. The van der Waals surface area contributed by atoms with Gasteiger partial charge < -0.3 is 20.1 Å². The summed E-state index contributed by atoms with van der Waals surface area (Å²) in [4.78, 5) is 0. The SMILES string of the molecule is CC.OC(O)(O)Oc1ccccc1. The van der Waals surface area contributed by atoms with E-state index in [1.54, 1.807) is 18.2 Å². The van der Waals surface area contributed by atoms with Crippen molar-refractivity contribution in [2.45, 2.75) is 20.0 Å². The molecule has 0 bridgehead atoms. The maximum absolute atomic E-state index is 8.36. The predicted octanol–water partition coefficient (Wildman–Crippen LogP) is 0.680. The molecule has 3 N–H and O–H groups in total. The molecule has 13 heavy (non-hydrogen) atoms. The molecule has 1 aromatic carbocycles. The Hall–Kier alpha value is -1.10. The summed E-state index contributed by atoms with van der Waals surface area (Å²) < 4.78 is 4.27. The normalized spacial score (nSPS) is 9.92. The lowest BCUT2D eigenvalue weighted by Gasteiger charge is -2.14. The molecule has 74 valence electrons. The smallest absolute Gasteiger partial charge is 0.417 e. The van der Waals surface area contributed by atoms with E-state index in [2.05, 4.69) is 4.74 Å². The Morgan fingerprint density at radius 3 is 1.85 bits per heavy atom. The lowest BCUT2D eigenvalue weighted by atomic mass is 10.3. The Labute approximate surface area is 77.0 Å². The largest absolute Gasteiger partial charge is 0.453 e. The number of para-hydroxylation sites is 1. The highest BCUT2D eigenvalue weighted by Crippen LogP contribution is 2.11. The van der Waals surface area contributed by atoms with Gasteiger partial charge in [0.15, 0.2) is 0 Å². The van der Waals surface area contributed by atoms with E-state index < -0.39 is 6.16 Å². The molecular formula is C9H14O4. The van der Waals surface area contributed by atoms with Crippen LogP contribution in [0.1, 0.15) is 13.8 Å². The van der Waals surface area contributed by atoms with Gasteiger partial charge in [0.05, 0.1) is 0 Å². The van der Waals surface area contributed by atoms with Crippen LogP contribution < -0.4 is 4.74 Å². The number of benzene rings is 1. The van der Waals surface area contributed by atoms with E-state index in [0.29, 0.717) is 0 Å². The van der Waals surface area contributed by atoms with Gasteiger partial charge in [0.2, 0.25) is 0 Å². The van der Waals surface area contributed by atoms with E-state index in [1.807, 2.05) is 13.8 Å². The molecular weight excluding hydrogens is 172 g/mol. The minimum atomic E-state index is -3.10. The van der Waals surface area contributed by atoms with E-state index in [-0.39, 0.29) is 5.75 Å². The zero-order valence-corrected chi connectivity index (χ0v) is 7.64. The van der Waals surface area contributed by atoms with Gasteiger partial charge in [-0.05, 0) is 12.1 Å². The standard InChI is InChI=1S/C7H8O4.C2H6/c8-7(9,10)11-6-4-2-1-3-5-6;1-2/h1-5,8-10H;1-2H3. The Morgan fingerprint density at radius 2 is 1.46 bits per heavy atom. The average Bonchev–Trinajstić information content (AvgIpc) is 2.07. The zero-order chi connectivity index (χ0) is 10.3. The Bertz CT molecular complexity index is 215. The second kappa shape index (κ2) is 5.53. The van der Waals surface area contributed by atoms with Crippen molar-refractivity contribution >= 4 is 0 Å². The first-order valence-electron chi connectivity index (χ1n) is 3.99. The van der Waals surface area contributed by atoms with Crippen molar-refractivity contribution in [3.05, 3.63) is 30.3 Å².